The van der Waals surface area contributed by atoms with Crippen molar-refractivity contribution in [3.05, 3.63) is 34.9 Å². The van der Waals surface area contributed by atoms with Gasteiger partial charge in [-0.25, -0.2) is 0 Å². The first-order chi connectivity index (χ1) is 9.88. The molecule has 1 aliphatic carbocycles. The summed E-state index contributed by atoms with van der Waals surface area (Å²) >= 11 is 6.31. The van der Waals surface area contributed by atoms with Gasteiger partial charge in [-0.1, -0.05) is 57.0 Å². The molecule has 1 nitrogen and oxygen atoms in total. The Morgan fingerprint density at radius 2 is 1.81 bits per heavy atom. The van der Waals surface area contributed by atoms with Crippen LogP contribution in [-0.4, -0.2) is 6.04 Å². The number of hydrogen-bond acceptors (Lipinski definition) is 1. The molecular weight excluding hydrogens is 278 g/mol. The zero-order valence-corrected chi connectivity index (χ0v) is 14.7. The second kappa shape index (κ2) is 7.15. The fraction of sp³-hybridized carbons (Fsp3) is 0.684. The molecule has 2 rings (SSSR count). The predicted molar refractivity (Wildman–Crippen MR) is 92.8 cm³/mol. The smallest absolute Gasteiger partial charge is 0.0453 e. The van der Waals surface area contributed by atoms with E-state index >= 15 is 0 Å². The first kappa shape index (κ1) is 16.8. The number of hydrogen-bond donors (Lipinski definition) is 1. The van der Waals surface area contributed by atoms with Gasteiger partial charge in [0.25, 0.3) is 0 Å². The van der Waals surface area contributed by atoms with Crippen LogP contribution in [0.3, 0.4) is 0 Å². The van der Waals surface area contributed by atoms with Gasteiger partial charge in [0.1, 0.15) is 0 Å². The maximum Gasteiger partial charge on any atom is 0.0453 e. The Morgan fingerprint density at radius 3 is 2.48 bits per heavy atom. The van der Waals surface area contributed by atoms with E-state index in [4.69, 9.17) is 11.6 Å². The van der Waals surface area contributed by atoms with Gasteiger partial charge in [0.05, 0.1) is 0 Å². The number of rotatable bonds is 3. The van der Waals surface area contributed by atoms with Crippen LogP contribution in [-0.2, 0) is 0 Å². The molecule has 0 aromatic heterocycles. The van der Waals surface area contributed by atoms with E-state index in [9.17, 15) is 0 Å². The average molecular weight is 308 g/mol. The van der Waals surface area contributed by atoms with E-state index in [1.54, 1.807) is 0 Å². The largest absolute Gasteiger partial charge is 0.307 e. The van der Waals surface area contributed by atoms with Crippen LogP contribution in [0.4, 0.5) is 0 Å². The van der Waals surface area contributed by atoms with Gasteiger partial charge in [0.15, 0.2) is 0 Å². The second-order valence-electron chi connectivity index (χ2n) is 7.68. The van der Waals surface area contributed by atoms with Crippen molar-refractivity contribution in [2.24, 2.45) is 11.3 Å². The van der Waals surface area contributed by atoms with E-state index in [0.717, 1.165) is 10.9 Å². The molecular formula is C19H30ClN. The molecule has 0 saturated heterocycles. The topological polar surface area (TPSA) is 12.0 Å². The van der Waals surface area contributed by atoms with E-state index in [-0.39, 0.29) is 0 Å². The molecule has 1 fully saturated rings. The van der Waals surface area contributed by atoms with Crippen molar-refractivity contribution in [2.45, 2.75) is 71.9 Å². The van der Waals surface area contributed by atoms with Gasteiger partial charge in [-0.05, 0) is 55.6 Å². The van der Waals surface area contributed by atoms with Crippen LogP contribution in [0.25, 0.3) is 0 Å². The van der Waals surface area contributed by atoms with Gasteiger partial charge in [-0.15, -0.1) is 0 Å². The number of benzene rings is 1. The highest BCUT2D eigenvalue weighted by Gasteiger charge is 2.28. The van der Waals surface area contributed by atoms with Crippen LogP contribution in [0, 0.1) is 11.3 Å². The molecule has 0 amide bonds. The third-order valence-corrected chi connectivity index (χ3v) is 5.40. The normalized spacial score (nSPS) is 25.4. The third-order valence-electron chi connectivity index (χ3n) is 5.05. The van der Waals surface area contributed by atoms with Gasteiger partial charge in [-0.3, -0.25) is 0 Å². The van der Waals surface area contributed by atoms with E-state index in [2.05, 4.69) is 45.1 Å². The molecule has 1 saturated carbocycles. The summed E-state index contributed by atoms with van der Waals surface area (Å²) in [5.74, 6) is 0.861. The highest BCUT2D eigenvalue weighted by Crippen LogP contribution is 2.37. The SMILES string of the molecule is CC(NC1CCCC(C(C)(C)C)CC1)c1ccccc1Cl. The molecule has 1 N–H and O–H groups in total. The molecule has 0 heterocycles. The van der Waals surface area contributed by atoms with Crippen molar-refractivity contribution in [1.82, 2.24) is 5.32 Å². The van der Waals surface area contributed by atoms with Gasteiger partial charge >= 0.3 is 0 Å². The van der Waals surface area contributed by atoms with E-state index in [0.29, 0.717) is 17.5 Å². The first-order valence-electron chi connectivity index (χ1n) is 8.38. The minimum absolute atomic E-state index is 0.329. The third kappa shape index (κ3) is 4.72. The quantitative estimate of drug-likeness (QED) is 0.677. The standard InChI is InChI=1S/C19H30ClN/c1-14(17-10-5-6-11-18(17)20)21-16-9-7-8-15(12-13-16)19(2,3)4/h5-6,10-11,14-16,21H,7-9,12-13H2,1-4H3. The van der Waals surface area contributed by atoms with E-state index < -0.39 is 0 Å². The summed E-state index contributed by atoms with van der Waals surface area (Å²) in [5, 5.41) is 4.68. The first-order valence-corrected chi connectivity index (χ1v) is 8.76. The Balaban J connectivity index is 1.93. The molecule has 2 heteroatoms. The van der Waals surface area contributed by atoms with Crippen LogP contribution in [0.1, 0.15) is 71.4 Å². The molecule has 1 aromatic rings. The maximum atomic E-state index is 6.31. The van der Waals surface area contributed by atoms with Crippen LogP contribution in [0.15, 0.2) is 24.3 Å². The van der Waals surface area contributed by atoms with Crippen molar-refractivity contribution < 1.29 is 0 Å². The fourth-order valence-corrected chi connectivity index (χ4v) is 3.90. The molecule has 0 spiro atoms. The number of halogens is 1. The molecule has 0 radical (unpaired) electrons. The molecule has 1 aliphatic rings. The van der Waals surface area contributed by atoms with Crippen molar-refractivity contribution in [1.29, 1.82) is 0 Å². The molecule has 118 valence electrons. The predicted octanol–water partition coefficient (Wildman–Crippen LogP) is 5.99. The van der Waals surface area contributed by atoms with Gasteiger partial charge in [0, 0.05) is 17.1 Å². The lowest BCUT2D eigenvalue weighted by molar-refractivity contribution is 0.213. The zero-order chi connectivity index (χ0) is 15.5. The Hall–Kier alpha value is -0.530. The highest BCUT2D eigenvalue weighted by atomic mass is 35.5. The summed E-state index contributed by atoms with van der Waals surface area (Å²) in [6.07, 6.45) is 6.64. The second-order valence-corrected chi connectivity index (χ2v) is 8.09. The van der Waals surface area contributed by atoms with Crippen molar-refractivity contribution >= 4 is 11.6 Å². The average Bonchev–Trinajstić information content (AvgIpc) is 2.64. The lowest BCUT2D eigenvalue weighted by Gasteiger charge is -2.30. The molecule has 1 aromatic carbocycles. The lowest BCUT2D eigenvalue weighted by Crippen LogP contribution is -2.31. The maximum absolute atomic E-state index is 6.31. The summed E-state index contributed by atoms with van der Waals surface area (Å²) in [6, 6.07) is 9.14. The lowest BCUT2D eigenvalue weighted by atomic mass is 9.76. The number of nitrogens with one attached hydrogen (secondary N) is 1. The molecule has 3 unspecified atom stereocenters. The summed E-state index contributed by atoms with van der Waals surface area (Å²) in [5.41, 5.74) is 1.67. The molecule has 0 aliphatic heterocycles. The van der Waals surface area contributed by atoms with Crippen LogP contribution in [0.2, 0.25) is 5.02 Å². The summed E-state index contributed by atoms with van der Waals surface area (Å²) in [6.45, 7) is 9.39. The van der Waals surface area contributed by atoms with E-state index in [1.807, 2.05) is 12.1 Å². The minimum atomic E-state index is 0.329. The summed E-state index contributed by atoms with van der Waals surface area (Å²) in [4.78, 5) is 0. The van der Waals surface area contributed by atoms with Crippen molar-refractivity contribution in [3.63, 3.8) is 0 Å². The van der Waals surface area contributed by atoms with Gasteiger partial charge < -0.3 is 5.32 Å². The van der Waals surface area contributed by atoms with Crippen molar-refractivity contribution in [2.75, 3.05) is 0 Å². The van der Waals surface area contributed by atoms with Crippen LogP contribution < -0.4 is 5.32 Å². The Morgan fingerprint density at radius 1 is 1.10 bits per heavy atom. The van der Waals surface area contributed by atoms with E-state index in [1.165, 1.54) is 37.7 Å². The molecule has 21 heavy (non-hydrogen) atoms. The molecule has 3 atom stereocenters. The Kier molecular flexibility index (Phi) is 5.73. The Bertz CT molecular complexity index is 449. The van der Waals surface area contributed by atoms with Crippen molar-refractivity contribution in [3.8, 4) is 0 Å². The van der Waals surface area contributed by atoms with Gasteiger partial charge in [-0.2, -0.15) is 0 Å². The summed E-state index contributed by atoms with van der Waals surface area (Å²) < 4.78 is 0. The van der Waals surface area contributed by atoms with Crippen LogP contribution >= 0.6 is 11.6 Å². The van der Waals surface area contributed by atoms with Gasteiger partial charge in [0.2, 0.25) is 0 Å². The summed E-state index contributed by atoms with van der Waals surface area (Å²) in [7, 11) is 0. The van der Waals surface area contributed by atoms with Crippen LogP contribution in [0.5, 0.6) is 0 Å². The monoisotopic (exact) mass is 307 g/mol. The highest BCUT2D eigenvalue weighted by molar-refractivity contribution is 6.31. The molecule has 0 bridgehead atoms. The minimum Gasteiger partial charge on any atom is -0.307 e. The zero-order valence-electron chi connectivity index (χ0n) is 14.0. The Labute approximate surface area is 135 Å². The fourth-order valence-electron chi connectivity index (χ4n) is 3.60.